The minimum atomic E-state index is -0.00750. The third kappa shape index (κ3) is 1.84. The normalized spacial score (nSPS) is 15.8. The summed E-state index contributed by atoms with van der Waals surface area (Å²) < 4.78 is 2.51. The number of aromatic nitrogens is 2. The van der Waals surface area contributed by atoms with Crippen LogP contribution in [0.3, 0.4) is 0 Å². The molecular formula is C8H10IN3O. The third-order valence-corrected chi connectivity index (χ3v) is 2.81. The van der Waals surface area contributed by atoms with Gasteiger partial charge in [-0.25, -0.2) is 0 Å². The standard InChI is InChI=1S/C8H10IN3O/c1-12-7(6(9)4-10-12)8(13)11-5-2-3-5/h4-5H,2-3H2,1H3,(H,11,13). The maximum absolute atomic E-state index is 11.6. The minimum absolute atomic E-state index is 0.00750. The van der Waals surface area contributed by atoms with Crippen LogP contribution in [0.5, 0.6) is 0 Å². The molecule has 1 N–H and O–H groups in total. The van der Waals surface area contributed by atoms with Crippen molar-refractivity contribution >= 4 is 28.5 Å². The van der Waals surface area contributed by atoms with E-state index in [1.165, 1.54) is 0 Å². The first-order chi connectivity index (χ1) is 6.18. The molecule has 1 fully saturated rings. The van der Waals surface area contributed by atoms with Gasteiger partial charge in [-0.2, -0.15) is 5.10 Å². The first-order valence-corrected chi connectivity index (χ1v) is 5.24. The number of nitrogens with one attached hydrogen (secondary N) is 1. The summed E-state index contributed by atoms with van der Waals surface area (Å²) in [5, 5.41) is 6.95. The molecule has 13 heavy (non-hydrogen) atoms. The maximum Gasteiger partial charge on any atom is 0.270 e. The van der Waals surface area contributed by atoms with E-state index < -0.39 is 0 Å². The van der Waals surface area contributed by atoms with Crippen LogP contribution in [-0.4, -0.2) is 21.7 Å². The van der Waals surface area contributed by atoms with Crippen LogP contribution in [0.4, 0.5) is 0 Å². The van der Waals surface area contributed by atoms with Gasteiger partial charge in [-0.05, 0) is 35.4 Å². The van der Waals surface area contributed by atoms with Crippen LogP contribution in [0.25, 0.3) is 0 Å². The van der Waals surface area contributed by atoms with E-state index in [4.69, 9.17) is 0 Å². The van der Waals surface area contributed by atoms with Crippen molar-refractivity contribution in [2.75, 3.05) is 0 Å². The Balaban J connectivity index is 2.17. The Labute approximate surface area is 89.8 Å². The van der Waals surface area contributed by atoms with Gasteiger partial charge in [0.2, 0.25) is 0 Å². The lowest BCUT2D eigenvalue weighted by molar-refractivity contribution is 0.0940. The van der Waals surface area contributed by atoms with Gasteiger partial charge >= 0.3 is 0 Å². The van der Waals surface area contributed by atoms with E-state index in [-0.39, 0.29) is 5.91 Å². The van der Waals surface area contributed by atoms with Crippen molar-refractivity contribution in [2.45, 2.75) is 18.9 Å². The van der Waals surface area contributed by atoms with Gasteiger partial charge in [-0.3, -0.25) is 9.48 Å². The van der Waals surface area contributed by atoms with Gasteiger partial charge in [0, 0.05) is 13.1 Å². The quantitative estimate of drug-likeness (QED) is 0.824. The molecule has 0 atom stereocenters. The minimum Gasteiger partial charge on any atom is -0.348 e. The molecule has 1 aliphatic rings. The van der Waals surface area contributed by atoms with Gasteiger partial charge in [0.05, 0.1) is 9.77 Å². The van der Waals surface area contributed by atoms with Crippen molar-refractivity contribution in [1.29, 1.82) is 0 Å². The number of carbonyl (C=O) groups is 1. The highest BCUT2D eigenvalue weighted by Gasteiger charge is 2.25. The zero-order chi connectivity index (χ0) is 9.42. The van der Waals surface area contributed by atoms with Gasteiger partial charge in [0.25, 0.3) is 5.91 Å². The topological polar surface area (TPSA) is 46.9 Å². The van der Waals surface area contributed by atoms with Crippen LogP contribution < -0.4 is 5.32 Å². The molecule has 0 bridgehead atoms. The molecule has 70 valence electrons. The average Bonchev–Trinajstić information content (AvgIpc) is 2.79. The van der Waals surface area contributed by atoms with Crippen LogP contribution in [0.15, 0.2) is 6.20 Å². The lowest BCUT2D eigenvalue weighted by Crippen LogP contribution is -2.28. The van der Waals surface area contributed by atoms with Crippen LogP contribution in [-0.2, 0) is 7.05 Å². The number of nitrogens with zero attached hydrogens (tertiary/aromatic N) is 2. The van der Waals surface area contributed by atoms with Crippen molar-refractivity contribution in [1.82, 2.24) is 15.1 Å². The number of hydrogen-bond donors (Lipinski definition) is 1. The second-order valence-electron chi connectivity index (χ2n) is 3.21. The van der Waals surface area contributed by atoms with Gasteiger partial charge in [0.15, 0.2) is 0 Å². The van der Waals surface area contributed by atoms with E-state index in [9.17, 15) is 4.79 Å². The molecule has 0 aromatic carbocycles. The molecule has 1 heterocycles. The lowest BCUT2D eigenvalue weighted by atomic mass is 10.4. The predicted octanol–water partition coefficient (Wildman–Crippen LogP) is 0.917. The Bertz CT molecular complexity index is 324. The summed E-state index contributed by atoms with van der Waals surface area (Å²) in [7, 11) is 1.78. The van der Waals surface area contributed by atoms with Gasteiger partial charge in [-0.1, -0.05) is 0 Å². The Morgan fingerprint density at radius 2 is 2.46 bits per heavy atom. The number of hydrogen-bond acceptors (Lipinski definition) is 2. The van der Waals surface area contributed by atoms with E-state index >= 15 is 0 Å². The molecule has 0 aliphatic heterocycles. The van der Waals surface area contributed by atoms with E-state index in [0.717, 1.165) is 16.4 Å². The summed E-state index contributed by atoms with van der Waals surface area (Å²) in [5.41, 5.74) is 0.660. The highest BCUT2D eigenvalue weighted by molar-refractivity contribution is 14.1. The van der Waals surface area contributed by atoms with Crippen molar-refractivity contribution in [2.24, 2.45) is 7.05 Å². The van der Waals surface area contributed by atoms with Crippen LogP contribution in [0, 0.1) is 3.57 Å². The molecule has 1 aromatic rings. The molecule has 5 heteroatoms. The Morgan fingerprint density at radius 1 is 1.77 bits per heavy atom. The molecule has 4 nitrogen and oxygen atoms in total. The highest BCUT2D eigenvalue weighted by atomic mass is 127. The fraction of sp³-hybridized carbons (Fsp3) is 0.500. The van der Waals surface area contributed by atoms with Crippen molar-refractivity contribution in [3.63, 3.8) is 0 Å². The average molecular weight is 291 g/mol. The monoisotopic (exact) mass is 291 g/mol. The van der Waals surface area contributed by atoms with Crippen LogP contribution in [0.1, 0.15) is 23.3 Å². The SMILES string of the molecule is Cn1ncc(I)c1C(=O)NC1CC1. The van der Waals surface area contributed by atoms with E-state index in [2.05, 4.69) is 33.0 Å². The molecule has 1 aromatic heterocycles. The zero-order valence-corrected chi connectivity index (χ0v) is 9.41. The van der Waals surface area contributed by atoms with E-state index in [0.29, 0.717) is 11.7 Å². The fourth-order valence-corrected chi connectivity index (χ4v) is 1.87. The van der Waals surface area contributed by atoms with Crippen molar-refractivity contribution < 1.29 is 4.79 Å². The third-order valence-electron chi connectivity index (χ3n) is 2.02. The lowest BCUT2D eigenvalue weighted by Gasteiger charge is -2.03. The second-order valence-corrected chi connectivity index (χ2v) is 4.37. The molecule has 1 amide bonds. The van der Waals surface area contributed by atoms with Crippen molar-refractivity contribution in [3.05, 3.63) is 15.5 Å². The summed E-state index contributed by atoms with van der Waals surface area (Å²) in [5.74, 6) is -0.00750. The second kappa shape index (κ2) is 3.28. The summed E-state index contributed by atoms with van der Waals surface area (Å²) >= 11 is 2.12. The van der Waals surface area contributed by atoms with Gasteiger partial charge in [-0.15, -0.1) is 0 Å². The number of rotatable bonds is 2. The van der Waals surface area contributed by atoms with Gasteiger partial charge in [0.1, 0.15) is 5.69 Å². The Hall–Kier alpha value is -0.590. The van der Waals surface area contributed by atoms with Crippen LogP contribution in [0.2, 0.25) is 0 Å². The summed E-state index contributed by atoms with van der Waals surface area (Å²) in [4.78, 5) is 11.6. The van der Waals surface area contributed by atoms with Crippen molar-refractivity contribution in [3.8, 4) is 0 Å². The predicted molar refractivity (Wildman–Crippen MR) is 56.4 cm³/mol. The first kappa shape index (κ1) is 8.98. The number of halogens is 1. The Morgan fingerprint density at radius 3 is 2.92 bits per heavy atom. The number of carbonyl (C=O) groups excluding carboxylic acids is 1. The zero-order valence-electron chi connectivity index (χ0n) is 7.25. The Kier molecular flexibility index (Phi) is 2.27. The molecule has 1 aliphatic carbocycles. The molecule has 0 spiro atoms. The first-order valence-electron chi connectivity index (χ1n) is 4.17. The van der Waals surface area contributed by atoms with Gasteiger partial charge < -0.3 is 5.32 Å². The fourth-order valence-electron chi connectivity index (χ4n) is 1.15. The molecule has 2 rings (SSSR count). The summed E-state index contributed by atoms with van der Waals surface area (Å²) in [6.45, 7) is 0. The molecule has 0 radical (unpaired) electrons. The highest BCUT2D eigenvalue weighted by Crippen LogP contribution is 2.20. The molecule has 1 saturated carbocycles. The van der Waals surface area contributed by atoms with Crippen LogP contribution >= 0.6 is 22.6 Å². The van der Waals surface area contributed by atoms with E-state index in [1.807, 2.05) is 0 Å². The number of amides is 1. The number of aryl methyl sites for hydroxylation is 1. The molecule has 0 saturated heterocycles. The molecular weight excluding hydrogens is 281 g/mol. The summed E-state index contributed by atoms with van der Waals surface area (Å²) in [6, 6.07) is 0.401. The van der Waals surface area contributed by atoms with E-state index in [1.54, 1.807) is 17.9 Å². The summed E-state index contributed by atoms with van der Waals surface area (Å²) in [6.07, 6.45) is 3.92. The molecule has 0 unspecified atom stereocenters. The smallest absolute Gasteiger partial charge is 0.270 e. The maximum atomic E-state index is 11.6. The largest absolute Gasteiger partial charge is 0.348 e.